The molecule has 2 rings (SSSR count). The Balaban J connectivity index is 2.59. The van der Waals surface area contributed by atoms with Gasteiger partial charge in [0.15, 0.2) is 5.82 Å². The van der Waals surface area contributed by atoms with Crippen molar-refractivity contribution >= 4 is 23.8 Å². The predicted octanol–water partition coefficient (Wildman–Crippen LogP) is -0.944. The molecule has 0 spiro atoms. The molecule has 0 bridgehead atoms. The van der Waals surface area contributed by atoms with Crippen LogP contribution in [0.1, 0.15) is 0 Å². The van der Waals surface area contributed by atoms with E-state index < -0.39 is 12.1 Å². The van der Waals surface area contributed by atoms with E-state index in [-0.39, 0.29) is 17.5 Å². The van der Waals surface area contributed by atoms with Crippen LogP contribution in [-0.4, -0.2) is 27.2 Å². The Hall–Kier alpha value is -3.31. The van der Waals surface area contributed by atoms with Gasteiger partial charge in [-0.25, -0.2) is 26.3 Å². The average Bonchev–Trinajstić information content (AvgIpc) is 2.53. The van der Waals surface area contributed by atoms with E-state index in [0.29, 0.717) is 15.6 Å². The fourth-order valence-corrected chi connectivity index (χ4v) is 1.57. The number of nitrogens with zero attached hydrogens (tertiary/aromatic N) is 5. The number of primary amides is 2. The van der Waals surface area contributed by atoms with Crippen molar-refractivity contribution in [2.45, 2.75) is 0 Å². The summed E-state index contributed by atoms with van der Waals surface area (Å²) in [5.74, 6) is 10.5. The van der Waals surface area contributed by atoms with Crippen molar-refractivity contribution in [3.8, 4) is 11.3 Å². The molecule has 0 unspecified atom stereocenters. The van der Waals surface area contributed by atoms with Gasteiger partial charge < -0.3 is 11.5 Å². The SMILES string of the molecule is NC(=O)N(N)c1nnc(-c2ccccc2)c(N(N)C(N)=O)n1. The second kappa shape index (κ2) is 5.99. The molecular formula is C11H13N9O2. The first kappa shape index (κ1) is 15.1. The van der Waals surface area contributed by atoms with Gasteiger partial charge in [-0.3, -0.25) is 0 Å². The first-order chi connectivity index (χ1) is 10.4. The quantitative estimate of drug-likeness (QED) is 0.320. The highest BCUT2D eigenvalue weighted by atomic mass is 16.2. The highest BCUT2D eigenvalue weighted by Gasteiger charge is 2.21. The molecular weight excluding hydrogens is 290 g/mol. The van der Waals surface area contributed by atoms with Crippen LogP contribution in [0.15, 0.2) is 30.3 Å². The number of nitrogens with two attached hydrogens (primary N) is 4. The van der Waals surface area contributed by atoms with Gasteiger partial charge in [-0.05, 0) is 0 Å². The minimum Gasteiger partial charge on any atom is -0.350 e. The second-order valence-corrected chi connectivity index (χ2v) is 4.07. The summed E-state index contributed by atoms with van der Waals surface area (Å²) in [4.78, 5) is 26.3. The minimum absolute atomic E-state index is 0.125. The zero-order valence-corrected chi connectivity index (χ0v) is 11.2. The van der Waals surface area contributed by atoms with E-state index in [1.807, 2.05) is 0 Å². The van der Waals surface area contributed by atoms with E-state index in [9.17, 15) is 9.59 Å². The minimum atomic E-state index is -1.01. The Labute approximate surface area is 124 Å². The Morgan fingerprint density at radius 2 is 1.50 bits per heavy atom. The van der Waals surface area contributed by atoms with Gasteiger partial charge in [-0.1, -0.05) is 30.3 Å². The number of amides is 4. The molecule has 8 N–H and O–H groups in total. The molecule has 0 aliphatic carbocycles. The molecule has 22 heavy (non-hydrogen) atoms. The third-order valence-electron chi connectivity index (χ3n) is 2.62. The molecule has 1 aromatic carbocycles. The number of rotatable bonds is 3. The molecule has 1 heterocycles. The topological polar surface area (TPSA) is 183 Å². The third kappa shape index (κ3) is 2.89. The summed E-state index contributed by atoms with van der Waals surface area (Å²) in [5.41, 5.74) is 10.9. The lowest BCUT2D eigenvalue weighted by molar-refractivity contribution is 0.253. The predicted molar refractivity (Wildman–Crippen MR) is 77.8 cm³/mol. The number of benzene rings is 1. The molecule has 0 aliphatic rings. The van der Waals surface area contributed by atoms with Crippen LogP contribution >= 0.6 is 0 Å². The van der Waals surface area contributed by atoms with Gasteiger partial charge in [0.2, 0.25) is 0 Å². The number of carbonyl (C=O) groups is 2. The lowest BCUT2D eigenvalue weighted by Gasteiger charge is -2.18. The molecule has 0 fully saturated rings. The summed E-state index contributed by atoms with van der Waals surface area (Å²) < 4.78 is 0. The van der Waals surface area contributed by atoms with Gasteiger partial charge in [0.25, 0.3) is 5.95 Å². The number of aromatic nitrogens is 3. The molecule has 4 amide bonds. The molecule has 114 valence electrons. The second-order valence-electron chi connectivity index (χ2n) is 4.07. The summed E-state index contributed by atoms with van der Waals surface area (Å²) >= 11 is 0. The first-order valence-corrected chi connectivity index (χ1v) is 5.90. The zero-order chi connectivity index (χ0) is 16.3. The highest BCUT2D eigenvalue weighted by molar-refractivity contribution is 5.93. The van der Waals surface area contributed by atoms with Gasteiger partial charge in [0, 0.05) is 5.56 Å². The maximum atomic E-state index is 11.3. The molecule has 0 atom stereocenters. The van der Waals surface area contributed by atoms with Gasteiger partial charge in [-0.15, -0.1) is 10.2 Å². The summed E-state index contributed by atoms with van der Waals surface area (Å²) in [7, 11) is 0. The molecule has 0 aliphatic heterocycles. The van der Waals surface area contributed by atoms with Gasteiger partial charge >= 0.3 is 12.1 Å². The molecule has 1 aromatic heterocycles. The largest absolute Gasteiger partial charge is 0.350 e. The van der Waals surface area contributed by atoms with E-state index >= 15 is 0 Å². The third-order valence-corrected chi connectivity index (χ3v) is 2.62. The maximum Gasteiger partial charge on any atom is 0.336 e. The smallest absolute Gasteiger partial charge is 0.336 e. The van der Waals surface area contributed by atoms with E-state index in [2.05, 4.69) is 15.2 Å². The van der Waals surface area contributed by atoms with Crippen LogP contribution in [0.4, 0.5) is 21.4 Å². The van der Waals surface area contributed by atoms with Crippen LogP contribution in [0.2, 0.25) is 0 Å². The average molecular weight is 303 g/mol. The molecule has 11 heteroatoms. The number of hydrogen-bond donors (Lipinski definition) is 4. The standard InChI is InChI=1S/C11H13N9O2/c12-9(21)19(14)8-7(6-4-2-1-3-5-6)17-18-11(16-8)20(15)10(13)22/h1-5H,14-15H2,(H2,12,21)(H2,13,22). The lowest BCUT2D eigenvalue weighted by atomic mass is 10.1. The summed E-state index contributed by atoms with van der Waals surface area (Å²) in [5, 5.41) is 8.59. The van der Waals surface area contributed by atoms with E-state index in [1.54, 1.807) is 30.3 Å². The van der Waals surface area contributed by atoms with E-state index in [0.717, 1.165) is 0 Å². The molecule has 11 nitrogen and oxygen atoms in total. The monoisotopic (exact) mass is 303 g/mol. The van der Waals surface area contributed by atoms with Gasteiger partial charge in [0.1, 0.15) is 5.69 Å². The van der Waals surface area contributed by atoms with Crippen LogP contribution in [0, 0.1) is 0 Å². The van der Waals surface area contributed by atoms with Crippen molar-refractivity contribution in [2.24, 2.45) is 23.2 Å². The zero-order valence-electron chi connectivity index (χ0n) is 11.2. The van der Waals surface area contributed by atoms with Crippen molar-refractivity contribution in [1.29, 1.82) is 0 Å². The molecule has 2 aromatic rings. The van der Waals surface area contributed by atoms with Gasteiger partial charge in [-0.2, -0.15) is 9.99 Å². The Morgan fingerprint density at radius 3 is 2.05 bits per heavy atom. The molecule has 0 radical (unpaired) electrons. The van der Waals surface area contributed by atoms with Gasteiger partial charge in [0.05, 0.1) is 0 Å². The fraction of sp³-hybridized carbons (Fsp3) is 0. The number of hydrazine groups is 2. The van der Waals surface area contributed by atoms with Crippen molar-refractivity contribution in [1.82, 2.24) is 15.2 Å². The molecule has 0 saturated carbocycles. The van der Waals surface area contributed by atoms with E-state index in [1.165, 1.54) is 0 Å². The van der Waals surface area contributed by atoms with Crippen LogP contribution in [0.5, 0.6) is 0 Å². The number of hydrogen-bond acceptors (Lipinski definition) is 7. The van der Waals surface area contributed by atoms with Crippen LogP contribution in [0.3, 0.4) is 0 Å². The summed E-state index contributed by atoms with van der Waals surface area (Å²) in [6.45, 7) is 0. The van der Waals surface area contributed by atoms with Crippen LogP contribution < -0.4 is 33.2 Å². The number of urea groups is 2. The van der Waals surface area contributed by atoms with Crippen molar-refractivity contribution in [2.75, 3.05) is 10.0 Å². The van der Waals surface area contributed by atoms with Crippen LogP contribution in [0.25, 0.3) is 11.3 Å². The Kier molecular flexibility index (Phi) is 4.11. The highest BCUT2D eigenvalue weighted by Crippen LogP contribution is 2.26. The van der Waals surface area contributed by atoms with Crippen molar-refractivity contribution in [3.63, 3.8) is 0 Å². The first-order valence-electron chi connectivity index (χ1n) is 5.90. The fourth-order valence-electron chi connectivity index (χ4n) is 1.57. The Morgan fingerprint density at radius 1 is 0.909 bits per heavy atom. The van der Waals surface area contributed by atoms with E-state index in [4.69, 9.17) is 23.2 Å². The summed E-state index contributed by atoms with van der Waals surface area (Å²) in [6.07, 6.45) is 0. The lowest BCUT2D eigenvalue weighted by Crippen LogP contribution is -2.45. The Bertz CT molecular complexity index is 706. The molecule has 0 saturated heterocycles. The number of anilines is 2. The van der Waals surface area contributed by atoms with Crippen molar-refractivity contribution < 1.29 is 9.59 Å². The van der Waals surface area contributed by atoms with Crippen LogP contribution in [-0.2, 0) is 0 Å². The maximum absolute atomic E-state index is 11.3. The normalized spacial score (nSPS) is 10.1. The van der Waals surface area contributed by atoms with Crippen molar-refractivity contribution in [3.05, 3.63) is 30.3 Å². The number of carbonyl (C=O) groups excluding carboxylic acids is 2. The summed E-state index contributed by atoms with van der Waals surface area (Å²) in [6, 6.07) is 6.71.